The van der Waals surface area contributed by atoms with Crippen molar-refractivity contribution < 1.29 is 38.0 Å². The minimum Gasteiger partial charge on any atom is -0.491 e. The number of hydrogen-bond donors (Lipinski definition) is 2. The van der Waals surface area contributed by atoms with Crippen molar-refractivity contribution >= 4 is 17.6 Å². The molecule has 0 saturated carbocycles. The minimum atomic E-state index is -1.04. The number of benzene rings is 3. The molecule has 3 aromatic rings. The van der Waals surface area contributed by atoms with Gasteiger partial charge < -0.3 is 29.4 Å². The van der Waals surface area contributed by atoms with Crippen LogP contribution in [0.2, 0.25) is 0 Å². The topological polar surface area (TPSA) is 107 Å². The fourth-order valence-corrected chi connectivity index (χ4v) is 6.36. The number of aliphatic carboxylic acids is 1. The Bertz CT molecular complexity index is 1490. The summed E-state index contributed by atoms with van der Waals surface area (Å²) in [6.45, 7) is 7.01. The van der Waals surface area contributed by atoms with Crippen LogP contribution in [0.15, 0.2) is 48.5 Å². The van der Waals surface area contributed by atoms with Crippen LogP contribution >= 0.6 is 0 Å². The molecular formula is C34H39FN2O7. The van der Waals surface area contributed by atoms with Crippen molar-refractivity contribution in [3.8, 4) is 17.2 Å². The molecule has 2 aliphatic heterocycles. The highest BCUT2D eigenvalue weighted by Gasteiger charge is 2.48. The summed E-state index contributed by atoms with van der Waals surface area (Å²) in [6.07, 6.45) is 1.52. The molecule has 1 saturated heterocycles. The quantitative estimate of drug-likeness (QED) is 0.261. The lowest BCUT2D eigenvalue weighted by Gasteiger charge is -2.27. The first-order chi connectivity index (χ1) is 21.2. The van der Waals surface area contributed by atoms with E-state index in [4.69, 9.17) is 18.9 Å². The molecule has 0 aliphatic carbocycles. The SMILES string of the molecule is CCc1cc(C)cc(CC)c1NC(=O)CN1C[C@H](c2cc(F)c3c(c2)OCO3)C(C(=O)O)[C@@H]1c1ccc(OCCOC)cc1. The summed E-state index contributed by atoms with van der Waals surface area (Å²) in [5.74, 6) is -2.61. The molecule has 0 aromatic heterocycles. The molecule has 0 bridgehead atoms. The first-order valence-electron chi connectivity index (χ1n) is 14.9. The Morgan fingerprint density at radius 2 is 1.73 bits per heavy atom. The van der Waals surface area contributed by atoms with Crippen molar-refractivity contribution in [3.05, 3.63) is 82.2 Å². The van der Waals surface area contributed by atoms with Crippen LogP contribution in [0.5, 0.6) is 17.2 Å². The molecule has 1 fully saturated rings. The largest absolute Gasteiger partial charge is 0.491 e. The molecule has 5 rings (SSSR count). The van der Waals surface area contributed by atoms with Gasteiger partial charge in [0.1, 0.15) is 12.4 Å². The fourth-order valence-electron chi connectivity index (χ4n) is 6.36. The van der Waals surface area contributed by atoms with E-state index in [0.717, 1.165) is 35.2 Å². The number of amides is 1. The summed E-state index contributed by atoms with van der Waals surface area (Å²) in [5, 5.41) is 13.7. The first-order valence-corrected chi connectivity index (χ1v) is 14.9. The maximum absolute atomic E-state index is 15.0. The molecule has 3 atom stereocenters. The molecular weight excluding hydrogens is 567 g/mol. The molecule has 1 amide bonds. The lowest BCUT2D eigenvalue weighted by molar-refractivity contribution is -0.143. The summed E-state index contributed by atoms with van der Waals surface area (Å²) < 4.78 is 36.4. The second kappa shape index (κ2) is 13.7. The number of nitrogens with one attached hydrogen (secondary N) is 1. The summed E-state index contributed by atoms with van der Waals surface area (Å²) in [4.78, 5) is 28.5. The Hall–Kier alpha value is -4.15. The number of aryl methyl sites for hydroxylation is 3. The number of fused-ring (bicyclic) bond motifs is 1. The Labute approximate surface area is 256 Å². The van der Waals surface area contributed by atoms with Gasteiger partial charge in [-0.25, -0.2) is 4.39 Å². The lowest BCUT2D eigenvalue weighted by Crippen LogP contribution is -2.35. The van der Waals surface area contributed by atoms with E-state index >= 15 is 0 Å². The molecule has 3 aromatic carbocycles. The summed E-state index contributed by atoms with van der Waals surface area (Å²) >= 11 is 0. The first kappa shape index (κ1) is 31.3. The highest BCUT2D eigenvalue weighted by molar-refractivity contribution is 5.94. The minimum absolute atomic E-state index is 0.0204. The number of anilines is 1. The van der Waals surface area contributed by atoms with Gasteiger partial charge in [0.2, 0.25) is 18.4 Å². The number of carbonyl (C=O) groups is 2. The standard InChI is InChI=1S/C34H39FN2O7/c1-5-21-13-20(3)14-22(6-2)31(21)36-29(38)18-37-17-26(24-15-27(35)33-28(16-24)43-19-44-33)30(34(39)40)32(37)23-7-9-25(10-8-23)42-12-11-41-4/h7-10,13-16,26,30,32H,5-6,11-12,17-19H2,1-4H3,(H,36,38)(H,39,40)/t26-,30?,32+/m1/s1. The number of carboxylic acid groups (broad SMARTS) is 1. The number of methoxy groups -OCH3 is 1. The van der Waals surface area contributed by atoms with Gasteiger partial charge in [0.15, 0.2) is 11.6 Å². The van der Waals surface area contributed by atoms with Crippen molar-refractivity contribution in [2.24, 2.45) is 5.92 Å². The third-order valence-corrected chi connectivity index (χ3v) is 8.36. The fraction of sp³-hybridized carbons (Fsp3) is 0.412. The van der Waals surface area contributed by atoms with Crippen molar-refractivity contribution in [2.75, 3.05) is 45.5 Å². The van der Waals surface area contributed by atoms with Gasteiger partial charge in [-0.05, 0) is 66.3 Å². The number of rotatable bonds is 12. The van der Waals surface area contributed by atoms with E-state index in [1.54, 1.807) is 25.3 Å². The molecule has 0 radical (unpaired) electrons. The normalized spacial score (nSPS) is 19.2. The van der Waals surface area contributed by atoms with Crippen LogP contribution in [0, 0.1) is 18.7 Å². The smallest absolute Gasteiger partial charge is 0.309 e. The molecule has 2 heterocycles. The van der Waals surface area contributed by atoms with Crippen molar-refractivity contribution in [2.45, 2.75) is 45.6 Å². The van der Waals surface area contributed by atoms with E-state index in [-0.39, 0.29) is 37.3 Å². The van der Waals surface area contributed by atoms with Gasteiger partial charge >= 0.3 is 5.97 Å². The van der Waals surface area contributed by atoms with Crippen LogP contribution in [0.1, 0.15) is 53.6 Å². The van der Waals surface area contributed by atoms with Crippen LogP contribution < -0.4 is 19.5 Å². The van der Waals surface area contributed by atoms with Crippen molar-refractivity contribution in [3.63, 3.8) is 0 Å². The van der Waals surface area contributed by atoms with Gasteiger partial charge in [0, 0.05) is 31.3 Å². The Morgan fingerprint density at radius 3 is 2.36 bits per heavy atom. The highest BCUT2D eigenvalue weighted by Crippen LogP contribution is 2.48. The van der Waals surface area contributed by atoms with Gasteiger partial charge in [-0.15, -0.1) is 0 Å². The number of carboxylic acids is 1. The number of carbonyl (C=O) groups excluding carboxylic acids is 1. The van der Waals surface area contributed by atoms with Crippen LogP contribution in [0.4, 0.5) is 10.1 Å². The van der Waals surface area contributed by atoms with Crippen LogP contribution in [0.3, 0.4) is 0 Å². The van der Waals surface area contributed by atoms with Crippen LogP contribution in [0.25, 0.3) is 0 Å². The van der Waals surface area contributed by atoms with Crippen LogP contribution in [-0.4, -0.2) is 62.1 Å². The summed E-state index contributed by atoms with van der Waals surface area (Å²) in [7, 11) is 1.59. The third kappa shape index (κ3) is 6.51. The number of halogens is 1. The van der Waals surface area contributed by atoms with Gasteiger partial charge in [-0.3, -0.25) is 14.5 Å². The monoisotopic (exact) mass is 606 g/mol. The predicted octanol–water partition coefficient (Wildman–Crippen LogP) is 5.49. The molecule has 2 N–H and O–H groups in total. The van der Waals surface area contributed by atoms with E-state index < -0.39 is 29.7 Å². The average Bonchev–Trinajstić information content (AvgIpc) is 3.64. The van der Waals surface area contributed by atoms with Crippen molar-refractivity contribution in [1.82, 2.24) is 4.90 Å². The van der Waals surface area contributed by atoms with Crippen LogP contribution in [-0.2, 0) is 27.2 Å². The Balaban J connectivity index is 1.48. The zero-order chi connectivity index (χ0) is 31.4. The molecule has 2 aliphatic rings. The number of hydrogen-bond acceptors (Lipinski definition) is 7. The van der Waals surface area contributed by atoms with E-state index in [0.29, 0.717) is 30.1 Å². The maximum atomic E-state index is 15.0. The van der Waals surface area contributed by atoms with Gasteiger partial charge in [-0.2, -0.15) is 0 Å². The summed E-state index contributed by atoms with van der Waals surface area (Å²) in [5.41, 5.74) is 5.24. The number of likely N-dealkylation sites (tertiary alicyclic amines) is 1. The van der Waals surface area contributed by atoms with E-state index in [9.17, 15) is 19.1 Å². The third-order valence-electron chi connectivity index (χ3n) is 8.36. The molecule has 10 heteroatoms. The Kier molecular flexibility index (Phi) is 9.71. The zero-order valence-corrected chi connectivity index (χ0v) is 25.5. The number of ether oxygens (including phenoxy) is 4. The predicted molar refractivity (Wildman–Crippen MR) is 163 cm³/mol. The van der Waals surface area contributed by atoms with E-state index in [1.165, 1.54) is 6.07 Å². The molecule has 1 unspecified atom stereocenters. The number of nitrogens with zero attached hydrogens (tertiary/aromatic N) is 1. The molecule has 44 heavy (non-hydrogen) atoms. The van der Waals surface area contributed by atoms with E-state index in [1.807, 2.05) is 24.0 Å². The Morgan fingerprint density at radius 1 is 1.02 bits per heavy atom. The molecule has 9 nitrogen and oxygen atoms in total. The summed E-state index contributed by atoms with van der Waals surface area (Å²) in [6, 6.07) is 13.6. The second-order valence-corrected chi connectivity index (χ2v) is 11.2. The molecule has 234 valence electrons. The van der Waals surface area contributed by atoms with Gasteiger partial charge in [0.25, 0.3) is 0 Å². The van der Waals surface area contributed by atoms with Crippen molar-refractivity contribution in [1.29, 1.82) is 0 Å². The lowest BCUT2D eigenvalue weighted by atomic mass is 9.82. The van der Waals surface area contributed by atoms with Gasteiger partial charge in [0.05, 0.1) is 19.1 Å². The average molecular weight is 607 g/mol. The molecule has 0 spiro atoms. The van der Waals surface area contributed by atoms with E-state index in [2.05, 4.69) is 31.3 Å². The maximum Gasteiger partial charge on any atom is 0.309 e. The van der Waals surface area contributed by atoms with Gasteiger partial charge in [-0.1, -0.05) is 43.7 Å². The highest BCUT2D eigenvalue weighted by atomic mass is 19.1. The second-order valence-electron chi connectivity index (χ2n) is 11.2. The zero-order valence-electron chi connectivity index (χ0n) is 25.5.